The van der Waals surface area contributed by atoms with Crippen LogP contribution in [0.2, 0.25) is 0 Å². The Morgan fingerprint density at radius 2 is 2.15 bits per heavy atom. The van der Waals surface area contributed by atoms with Crippen LogP contribution >= 0.6 is 23.1 Å². The summed E-state index contributed by atoms with van der Waals surface area (Å²) in [4.78, 5) is 4.51. The predicted octanol–water partition coefficient (Wildman–Crippen LogP) is 4.32. The Hall–Kier alpha value is -1.77. The maximum absolute atomic E-state index is 13.3. The minimum absolute atomic E-state index is 0.172. The molecule has 3 aromatic rings. The number of rotatable bonds is 6. The molecule has 0 bridgehead atoms. The van der Waals surface area contributed by atoms with E-state index < -0.39 is 0 Å². The molecule has 1 aliphatic rings. The Morgan fingerprint density at radius 1 is 1.31 bits per heavy atom. The number of halogens is 1. The summed E-state index contributed by atoms with van der Waals surface area (Å²) in [6, 6.07) is 6.38. The van der Waals surface area contributed by atoms with Gasteiger partial charge in [-0.25, -0.2) is 9.37 Å². The first kappa shape index (κ1) is 17.6. The molecule has 1 aromatic carbocycles. The first-order chi connectivity index (χ1) is 12.7. The van der Waals surface area contributed by atoms with Crippen molar-refractivity contribution in [3.8, 4) is 11.4 Å². The van der Waals surface area contributed by atoms with Gasteiger partial charge >= 0.3 is 0 Å². The van der Waals surface area contributed by atoms with Gasteiger partial charge in [-0.05, 0) is 44.0 Å². The number of aryl methyl sites for hydroxylation is 1. The largest absolute Gasteiger partial charge is 0.376 e. The van der Waals surface area contributed by atoms with E-state index in [0.717, 1.165) is 52.4 Å². The number of nitrogens with zero attached hydrogens (tertiary/aromatic N) is 4. The van der Waals surface area contributed by atoms with Crippen LogP contribution in [0, 0.1) is 12.7 Å². The molecule has 1 saturated heterocycles. The molecule has 0 unspecified atom stereocenters. The summed E-state index contributed by atoms with van der Waals surface area (Å²) in [5, 5.41) is 12.7. The van der Waals surface area contributed by atoms with Gasteiger partial charge in [-0.3, -0.25) is 4.57 Å². The number of aromatic nitrogens is 4. The number of ether oxygens (including phenoxy) is 1. The third-order valence-corrected chi connectivity index (χ3v) is 6.07. The topological polar surface area (TPSA) is 52.8 Å². The van der Waals surface area contributed by atoms with Gasteiger partial charge in [0.2, 0.25) is 0 Å². The van der Waals surface area contributed by atoms with Gasteiger partial charge in [0.25, 0.3) is 0 Å². The molecule has 0 amide bonds. The Kier molecular flexibility index (Phi) is 5.33. The van der Waals surface area contributed by atoms with E-state index in [1.807, 2.05) is 6.92 Å². The number of benzene rings is 1. The van der Waals surface area contributed by atoms with E-state index in [-0.39, 0.29) is 11.9 Å². The highest BCUT2D eigenvalue weighted by Gasteiger charge is 2.22. The van der Waals surface area contributed by atoms with E-state index in [9.17, 15) is 4.39 Å². The Bertz CT molecular complexity index is 872. The molecule has 3 heterocycles. The third-order valence-electron chi connectivity index (χ3n) is 4.25. The first-order valence-corrected chi connectivity index (χ1v) is 10.4. The van der Waals surface area contributed by atoms with Gasteiger partial charge in [0.1, 0.15) is 5.82 Å². The lowest BCUT2D eigenvalue weighted by Gasteiger charge is -2.14. The second-order valence-corrected chi connectivity index (χ2v) is 8.21. The fourth-order valence-corrected chi connectivity index (χ4v) is 4.54. The van der Waals surface area contributed by atoms with Crippen LogP contribution in [0.4, 0.5) is 4.39 Å². The normalized spacial score (nSPS) is 17.1. The lowest BCUT2D eigenvalue weighted by Crippen LogP contribution is -2.16. The van der Waals surface area contributed by atoms with Crippen molar-refractivity contribution in [2.75, 3.05) is 6.61 Å². The van der Waals surface area contributed by atoms with Gasteiger partial charge in [0.05, 0.1) is 23.4 Å². The number of hydrogen-bond acceptors (Lipinski definition) is 6. The third kappa shape index (κ3) is 3.97. The number of hydrogen-bond donors (Lipinski definition) is 0. The predicted molar refractivity (Wildman–Crippen MR) is 101 cm³/mol. The van der Waals surface area contributed by atoms with Crippen LogP contribution in [0.5, 0.6) is 0 Å². The van der Waals surface area contributed by atoms with Crippen LogP contribution in [-0.2, 0) is 17.0 Å². The molecule has 0 radical (unpaired) electrons. The zero-order valence-corrected chi connectivity index (χ0v) is 16.0. The van der Waals surface area contributed by atoms with Crippen molar-refractivity contribution < 1.29 is 9.13 Å². The molecule has 2 aromatic heterocycles. The van der Waals surface area contributed by atoms with Crippen LogP contribution in [0.15, 0.2) is 34.8 Å². The summed E-state index contributed by atoms with van der Waals surface area (Å²) in [6.07, 6.45) is 2.29. The smallest absolute Gasteiger partial charge is 0.191 e. The average molecular weight is 391 g/mol. The summed E-state index contributed by atoms with van der Waals surface area (Å²) in [5.41, 5.74) is 1.90. The van der Waals surface area contributed by atoms with Crippen LogP contribution < -0.4 is 0 Å². The number of thioether (sulfide) groups is 1. The van der Waals surface area contributed by atoms with Gasteiger partial charge in [-0.2, -0.15) is 0 Å². The molecule has 0 saturated carbocycles. The summed E-state index contributed by atoms with van der Waals surface area (Å²) < 4.78 is 21.2. The van der Waals surface area contributed by atoms with Crippen molar-refractivity contribution >= 4 is 23.1 Å². The van der Waals surface area contributed by atoms with Gasteiger partial charge in [-0.1, -0.05) is 11.8 Å². The van der Waals surface area contributed by atoms with Gasteiger partial charge < -0.3 is 4.74 Å². The first-order valence-electron chi connectivity index (χ1n) is 8.53. The molecule has 0 N–H and O–H groups in total. The minimum Gasteiger partial charge on any atom is -0.376 e. The SMILES string of the molecule is Cc1nc(CSc2nnc(-c3ccc(F)cc3)n2C[C@@H]2CCCO2)cs1. The molecule has 1 fully saturated rings. The van der Waals surface area contributed by atoms with Gasteiger partial charge in [0.15, 0.2) is 11.0 Å². The van der Waals surface area contributed by atoms with Crippen molar-refractivity contribution in [3.63, 3.8) is 0 Å². The van der Waals surface area contributed by atoms with Gasteiger partial charge in [0, 0.05) is 23.3 Å². The molecule has 4 rings (SSSR count). The Balaban J connectivity index is 1.60. The van der Waals surface area contributed by atoms with E-state index in [0.29, 0.717) is 6.54 Å². The number of thiazole rings is 1. The maximum atomic E-state index is 13.3. The Labute approximate surface area is 159 Å². The Morgan fingerprint density at radius 3 is 2.85 bits per heavy atom. The minimum atomic E-state index is -0.257. The molecule has 26 heavy (non-hydrogen) atoms. The van der Waals surface area contributed by atoms with Crippen LogP contribution in [0.3, 0.4) is 0 Å². The van der Waals surface area contributed by atoms with E-state index in [4.69, 9.17) is 4.74 Å². The lowest BCUT2D eigenvalue weighted by atomic mass is 10.2. The van der Waals surface area contributed by atoms with E-state index in [1.54, 1.807) is 35.2 Å². The second kappa shape index (κ2) is 7.85. The molecule has 136 valence electrons. The molecule has 1 aliphatic heterocycles. The average Bonchev–Trinajstić information content (AvgIpc) is 3.37. The van der Waals surface area contributed by atoms with Crippen molar-refractivity contribution in [3.05, 3.63) is 46.2 Å². The lowest BCUT2D eigenvalue weighted by molar-refractivity contribution is 0.0953. The van der Waals surface area contributed by atoms with E-state index in [1.165, 1.54) is 12.1 Å². The van der Waals surface area contributed by atoms with Crippen molar-refractivity contribution in [1.82, 2.24) is 19.7 Å². The van der Waals surface area contributed by atoms with Crippen LogP contribution in [0.1, 0.15) is 23.5 Å². The monoisotopic (exact) mass is 390 g/mol. The summed E-state index contributed by atoms with van der Waals surface area (Å²) in [5.74, 6) is 1.24. The van der Waals surface area contributed by atoms with Crippen molar-refractivity contribution in [1.29, 1.82) is 0 Å². The fraction of sp³-hybridized carbons (Fsp3) is 0.389. The van der Waals surface area contributed by atoms with E-state index >= 15 is 0 Å². The summed E-state index contributed by atoms with van der Waals surface area (Å²) in [6.45, 7) is 3.52. The highest BCUT2D eigenvalue weighted by molar-refractivity contribution is 7.98. The molecular weight excluding hydrogens is 371 g/mol. The van der Waals surface area contributed by atoms with Crippen molar-refractivity contribution in [2.45, 2.75) is 43.3 Å². The van der Waals surface area contributed by atoms with Crippen LogP contribution in [0.25, 0.3) is 11.4 Å². The second-order valence-electron chi connectivity index (χ2n) is 6.21. The standard InChI is InChI=1S/C18H19FN4OS2/c1-12-20-15(10-25-12)11-26-18-22-21-17(13-4-6-14(19)7-5-13)23(18)9-16-3-2-8-24-16/h4-7,10,16H,2-3,8-9,11H2,1H3/t16-/m0/s1. The molecule has 5 nitrogen and oxygen atoms in total. The zero-order valence-electron chi connectivity index (χ0n) is 14.4. The maximum Gasteiger partial charge on any atom is 0.191 e. The van der Waals surface area contributed by atoms with Gasteiger partial charge in [-0.15, -0.1) is 21.5 Å². The zero-order chi connectivity index (χ0) is 17.9. The fourth-order valence-electron chi connectivity index (χ4n) is 2.98. The summed E-state index contributed by atoms with van der Waals surface area (Å²) in [7, 11) is 0. The molecule has 0 aliphatic carbocycles. The quantitative estimate of drug-likeness (QED) is 0.587. The molecular formula is C18H19FN4OS2. The van der Waals surface area contributed by atoms with E-state index in [2.05, 4.69) is 25.1 Å². The van der Waals surface area contributed by atoms with Crippen LogP contribution in [-0.4, -0.2) is 32.5 Å². The van der Waals surface area contributed by atoms with Crippen molar-refractivity contribution in [2.24, 2.45) is 0 Å². The highest BCUT2D eigenvalue weighted by atomic mass is 32.2. The summed E-state index contributed by atoms with van der Waals surface area (Å²) >= 11 is 3.27. The molecule has 8 heteroatoms. The highest BCUT2D eigenvalue weighted by Crippen LogP contribution is 2.28. The molecule has 1 atom stereocenters. The molecule has 0 spiro atoms.